The molecule has 1 atom stereocenters. The fourth-order valence-electron chi connectivity index (χ4n) is 6.33. The van der Waals surface area contributed by atoms with E-state index in [-0.39, 0.29) is 30.9 Å². The lowest BCUT2D eigenvalue weighted by atomic mass is 10.0. The number of primary amides is 1. The van der Waals surface area contributed by atoms with Crippen molar-refractivity contribution in [1.29, 1.82) is 0 Å². The molecule has 1 fully saturated rings. The maximum atomic E-state index is 13.4. The molecule has 254 valence electrons. The highest BCUT2D eigenvalue weighted by Gasteiger charge is 2.43. The summed E-state index contributed by atoms with van der Waals surface area (Å²) in [5.74, 6) is 5.33. The Bertz CT molecular complexity index is 1760. The normalized spacial score (nSPS) is 16.4. The summed E-state index contributed by atoms with van der Waals surface area (Å²) in [7, 11) is -1.30. The van der Waals surface area contributed by atoms with Crippen molar-refractivity contribution in [2.75, 3.05) is 13.3 Å². The summed E-state index contributed by atoms with van der Waals surface area (Å²) < 4.78 is 7.69. The van der Waals surface area contributed by atoms with Gasteiger partial charge in [-0.2, -0.15) is 5.10 Å². The fourth-order valence-corrected chi connectivity index (χ4v) is 7.09. The SMILES string of the molecule is Cc1nn(CCCCCCCC#Cc2cccc3c2CN(C2CCC(=O)N(COCC[Si](C)(C)C)C2=O)C3=O)c2cc(C(N)=O)ccc12. The molecule has 3 heterocycles. The molecule has 0 aliphatic carbocycles. The number of nitrogens with zero attached hydrogens (tertiary/aromatic N) is 4. The lowest BCUT2D eigenvalue weighted by Crippen LogP contribution is -2.55. The fraction of sp³-hybridized carbons (Fsp3) is 0.486. The number of unbranched alkanes of at least 4 members (excludes halogenated alkanes) is 5. The van der Waals surface area contributed by atoms with Crippen molar-refractivity contribution >= 4 is 42.6 Å². The molecule has 2 N–H and O–H groups in total. The van der Waals surface area contributed by atoms with Crippen molar-refractivity contribution in [1.82, 2.24) is 19.6 Å². The summed E-state index contributed by atoms with van der Waals surface area (Å²) in [6, 6.07) is 11.3. The first-order chi connectivity index (χ1) is 22.9. The smallest absolute Gasteiger partial charge is 0.255 e. The van der Waals surface area contributed by atoms with Gasteiger partial charge in [-0.3, -0.25) is 28.8 Å². The summed E-state index contributed by atoms with van der Waals surface area (Å²) in [5.41, 5.74) is 10.1. The van der Waals surface area contributed by atoms with Gasteiger partial charge >= 0.3 is 0 Å². The van der Waals surface area contributed by atoms with Crippen molar-refractivity contribution in [2.45, 2.75) is 103 Å². The van der Waals surface area contributed by atoms with Gasteiger partial charge in [-0.25, -0.2) is 0 Å². The van der Waals surface area contributed by atoms with E-state index in [1.807, 2.05) is 35.9 Å². The molecule has 0 spiro atoms. The molecule has 0 radical (unpaired) electrons. The number of nitrogens with two attached hydrogens (primary N) is 1. The van der Waals surface area contributed by atoms with Crippen LogP contribution in [0.25, 0.3) is 10.9 Å². The van der Waals surface area contributed by atoms with Crippen LogP contribution in [0.5, 0.6) is 0 Å². The number of ether oxygens (including phenoxy) is 1. The summed E-state index contributed by atoms with van der Waals surface area (Å²) in [4.78, 5) is 53.8. The number of rotatable bonds is 14. The van der Waals surface area contributed by atoms with E-state index in [2.05, 4.69) is 36.6 Å². The minimum absolute atomic E-state index is 0.0647. The Kier molecular flexibility index (Phi) is 11.2. The largest absolute Gasteiger partial charge is 0.366 e. The van der Waals surface area contributed by atoms with E-state index in [0.29, 0.717) is 30.7 Å². The van der Waals surface area contributed by atoms with E-state index in [4.69, 9.17) is 10.5 Å². The molecule has 5 rings (SSSR count). The third-order valence-electron chi connectivity index (χ3n) is 9.19. The van der Waals surface area contributed by atoms with Gasteiger partial charge in [-0.05, 0) is 62.1 Å². The second-order valence-corrected chi connectivity index (χ2v) is 19.7. The van der Waals surface area contributed by atoms with Gasteiger partial charge in [-0.15, -0.1) is 0 Å². The number of amides is 4. The lowest BCUT2D eigenvalue weighted by Gasteiger charge is -2.35. The first-order valence-corrected chi connectivity index (χ1v) is 20.8. The van der Waals surface area contributed by atoms with Gasteiger partial charge in [0.15, 0.2) is 0 Å². The lowest BCUT2D eigenvalue weighted by molar-refractivity contribution is -0.158. The average Bonchev–Trinajstić information content (AvgIpc) is 3.55. The third kappa shape index (κ3) is 8.23. The van der Waals surface area contributed by atoms with Gasteiger partial charge in [-0.1, -0.05) is 62.9 Å². The summed E-state index contributed by atoms with van der Waals surface area (Å²) in [6.45, 7) is 10.3. The molecular formula is C37H47N5O5Si. The van der Waals surface area contributed by atoms with Crippen LogP contribution in [-0.4, -0.2) is 70.7 Å². The molecule has 3 aromatic rings. The predicted octanol–water partition coefficient (Wildman–Crippen LogP) is 5.62. The molecule has 11 heteroatoms. The van der Waals surface area contributed by atoms with Crippen LogP contribution in [0.3, 0.4) is 0 Å². The molecule has 4 amide bonds. The third-order valence-corrected chi connectivity index (χ3v) is 10.9. The number of hydrogen-bond donors (Lipinski definition) is 1. The van der Waals surface area contributed by atoms with Gasteiger partial charge in [0.1, 0.15) is 12.8 Å². The number of carbonyl (C=O) groups excluding carboxylic acids is 4. The van der Waals surface area contributed by atoms with Crippen LogP contribution >= 0.6 is 0 Å². The molecule has 2 aromatic carbocycles. The van der Waals surface area contributed by atoms with Crippen LogP contribution in [0, 0.1) is 18.8 Å². The van der Waals surface area contributed by atoms with Crippen LogP contribution in [0.1, 0.15) is 88.9 Å². The van der Waals surface area contributed by atoms with E-state index in [9.17, 15) is 19.2 Å². The van der Waals surface area contributed by atoms with Crippen molar-refractivity contribution in [3.05, 3.63) is 64.3 Å². The van der Waals surface area contributed by atoms with Gasteiger partial charge in [0.2, 0.25) is 11.8 Å². The Morgan fingerprint density at radius 2 is 1.83 bits per heavy atom. The van der Waals surface area contributed by atoms with Crippen molar-refractivity contribution in [3.63, 3.8) is 0 Å². The molecule has 1 saturated heterocycles. The molecule has 1 aromatic heterocycles. The molecule has 48 heavy (non-hydrogen) atoms. The highest BCUT2D eigenvalue weighted by Crippen LogP contribution is 2.31. The quantitative estimate of drug-likeness (QED) is 0.103. The number of aryl methyl sites for hydroxylation is 2. The molecule has 0 bridgehead atoms. The maximum absolute atomic E-state index is 13.4. The maximum Gasteiger partial charge on any atom is 0.255 e. The zero-order chi connectivity index (χ0) is 34.4. The summed E-state index contributed by atoms with van der Waals surface area (Å²) >= 11 is 0. The van der Waals surface area contributed by atoms with E-state index < -0.39 is 20.0 Å². The average molecular weight is 670 g/mol. The van der Waals surface area contributed by atoms with Crippen molar-refractivity contribution in [2.24, 2.45) is 5.73 Å². The Hall–Kier alpha value is -4.27. The number of fused-ring (bicyclic) bond motifs is 2. The second-order valence-electron chi connectivity index (χ2n) is 14.1. The first-order valence-electron chi connectivity index (χ1n) is 17.1. The number of likely N-dealkylation sites (tertiary alicyclic amines) is 1. The predicted molar refractivity (Wildman–Crippen MR) is 188 cm³/mol. The van der Waals surface area contributed by atoms with Crippen LogP contribution in [0.15, 0.2) is 36.4 Å². The Morgan fingerprint density at radius 3 is 2.60 bits per heavy atom. The van der Waals surface area contributed by atoms with Gasteiger partial charge in [0.25, 0.3) is 11.8 Å². The second kappa shape index (κ2) is 15.3. The van der Waals surface area contributed by atoms with Crippen molar-refractivity contribution in [3.8, 4) is 11.8 Å². The summed E-state index contributed by atoms with van der Waals surface area (Å²) in [5, 5.41) is 5.69. The van der Waals surface area contributed by atoms with Crippen molar-refractivity contribution < 1.29 is 23.9 Å². The standard InChI is InChI=1S/C37H47N5O5Si/c1-26-29-17-16-28(35(38)44)23-33(29)42(39-26)20-11-9-7-5-6-8-10-13-27-14-12-15-30-31(27)24-40(36(30)45)32-18-19-34(43)41(37(32)46)25-47-21-22-48(2,3)4/h12,14-17,23,32H,5-9,11,18-22,24-25H2,1-4H3,(H2,38,44). The molecule has 10 nitrogen and oxygen atoms in total. The van der Waals surface area contributed by atoms with E-state index in [1.54, 1.807) is 17.0 Å². The Balaban J connectivity index is 1.08. The van der Waals surface area contributed by atoms with Crippen LogP contribution < -0.4 is 5.73 Å². The number of carbonyl (C=O) groups is 4. The topological polar surface area (TPSA) is 128 Å². The van der Waals surface area contributed by atoms with Crippen LogP contribution in [-0.2, 0) is 27.4 Å². The molecule has 0 saturated carbocycles. The molecule has 2 aliphatic rings. The zero-order valence-electron chi connectivity index (χ0n) is 28.6. The highest BCUT2D eigenvalue weighted by molar-refractivity contribution is 6.76. The first kappa shape index (κ1) is 35.0. The van der Waals surface area contributed by atoms with E-state index >= 15 is 0 Å². The summed E-state index contributed by atoms with van der Waals surface area (Å²) in [6.07, 6.45) is 6.49. The van der Waals surface area contributed by atoms with Gasteiger partial charge < -0.3 is 15.4 Å². The minimum atomic E-state index is -1.30. The zero-order valence-corrected chi connectivity index (χ0v) is 29.6. The van der Waals surface area contributed by atoms with Crippen LogP contribution in [0.4, 0.5) is 0 Å². The van der Waals surface area contributed by atoms with E-state index in [0.717, 1.165) is 78.8 Å². The van der Waals surface area contributed by atoms with Crippen LogP contribution in [0.2, 0.25) is 25.7 Å². The number of hydrogen-bond acceptors (Lipinski definition) is 6. The molecular weight excluding hydrogens is 623 g/mol. The number of imide groups is 1. The number of piperidine rings is 1. The highest BCUT2D eigenvalue weighted by atomic mass is 28.3. The van der Waals surface area contributed by atoms with Gasteiger partial charge in [0, 0.05) is 62.7 Å². The number of aromatic nitrogens is 2. The minimum Gasteiger partial charge on any atom is -0.366 e. The molecule has 2 aliphatic heterocycles. The number of benzene rings is 2. The Labute approximate surface area is 284 Å². The Morgan fingerprint density at radius 1 is 1.06 bits per heavy atom. The monoisotopic (exact) mass is 669 g/mol. The van der Waals surface area contributed by atoms with Gasteiger partial charge in [0.05, 0.1) is 11.2 Å². The van der Waals surface area contributed by atoms with E-state index in [1.165, 1.54) is 4.90 Å². The molecule has 1 unspecified atom stereocenters.